The number of rotatable bonds is 2. The Morgan fingerprint density at radius 2 is 1.64 bits per heavy atom. The van der Waals surface area contributed by atoms with E-state index in [-0.39, 0.29) is 17.3 Å². The molecule has 7 heteroatoms. The second kappa shape index (κ2) is 6.23. The fourth-order valence-electron chi connectivity index (χ4n) is 3.85. The number of nitrogens with one attached hydrogen (secondary N) is 1. The normalized spacial score (nSPS) is 18.4. The number of aromatic nitrogens is 3. The highest BCUT2D eigenvalue weighted by atomic mass is 16.3. The topological polar surface area (TPSA) is 100 Å². The van der Waals surface area contributed by atoms with E-state index in [0.29, 0.717) is 23.8 Å². The van der Waals surface area contributed by atoms with Crippen molar-refractivity contribution in [1.29, 1.82) is 0 Å². The largest absolute Gasteiger partial charge is 0.508 e. The molecule has 140 valence electrons. The summed E-state index contributed by atoms with van der Waals surface area (Å²) < 4.78 is 1.73. The summed E-state index contributed by atoms with van der Waals surface area (Å²) >= 11 is 0. The molecule has 2 aliphatic rings. The van der Waals surface area contributed by atoms with Gasteiger partial charge in [0, 0.05) is 23.3 Å². The fraction of sp³-hybridized carbons (Fsp3) is 0.190. The van der Waals surface area contributed by atoms with E-state index >= 15 is 0 Å². The second-order valence-corrected chi connectivity index (χ2v) is 7.04. The lowest BCUT2D eigenvalue weighted by molar-refractivity contribution is -0.116. The van der Waals surface area contributed by atoms with Crippen molar-refractivity contribution in [3.63, 3.8) is 0 Å². The van der Waals surface area contributed by atoms with Gasteiger partial charge in [-0.2, -0.15) is 4.98 Å². The van der Waals surface area contributed by atoms with Gasteiger partial charge in [0.1, 0.15) is 17.5 Å². The monoisotopic (exact) mass is 374 g/mol. The first-order chi connectivity index (χ1) is 13.6. The first-order valence-corrected chi connectivity index (χ1v) is 9.18. The molecule has 0 amide bonds. The first-order valence-electron chi connectivity index (χ1n) is 9.18. The Labute approximate surface area is 161 Å². The predicted octanol–water partition coefficient (Wildman–Crippen LogP) is 3.38. The molecular formula is C21H18N4O3. The van der Waals surface area contributed by atoms with Gasteiger partial charge in [-0.15, -0.1) is 5.10 Å². The summed E-state index contributed by atoms with van der Waals surface area (Å²) in [5.74, 6) is 1.55. The van der Waals surface area contributed by atoms with Crippen molar-refractivity contribution in [2.45, 2.75) is 25.3 Å². The summed E-state index contributed by atoms with van der Waals surface area (Å²) in [6.45, 7) is 0. The number of nitrogens with zero attached hydrogens (tertiary/aromatic N) is 3. The van der Waals surface area contributed by atoms with Crippen LogP contribution in [0.15, 0.2) is 59.8 Å². The Hall–Kier alpha value is -3.61. The lowest BCUT2D eigenvalue weighted by Gasteiger charge is -2.32. The first kappa shape index (κ1) is 16.6. The molecule has 0 radical (unpaired) electrons. The number of fused-ring (bicyclic) bond motifs is 1. The Bertz CT molecular complexity index is 1100. The van der Waals surface area contributed by atoms with Crippen LogP contribution in [0.25, 0.3) is 11.4 Å². The molecule has 0 saturated heterocycles. The van der Waals surface area contributed by atoms with Gasteiger partial charge in [-0.05, 0) is 54.8 Å². The molecule has 0 bridgehead atoms. The van der Waals surface area contributed by atoms with E-state index < -0.39 is 6.04 Å². The summed E-state index contributed by atoms with van der Waals surface area (Å²) in [7, 11) is 0. The third kappa shape index (κ3) is 2.63. The van der Waals surface area contributed by atoms with Crippen LogP contribution in [0.1, 0.15) is 30.9 Å². The highest BCUT2D eigenvalue weighted by molar-refractivity contribution is 5.99. The van der Waals surface area contributed by atoms with Crippen LogP contribution < -0.4 is 5.32 Å². The number of anilines is 1. The molecule has 3 N–H and O–H groups in total. The number of Topliss-reactive ketones (excluding diaryl/α,β-unsaturated/α-hetero) is 1. The molecule has 0 fully saturated rings. The number of hydrogen-bond acceptors (Lipinski definition) is 6. The average molecular weight is 374 g/mol. The molecule has 2 aromatic carbocycles. The smallest absolute Gasteiger partial charge is 0.226 e. The molecule has 7 nitrogen and oxygen atoms in total. The molecular weight excluding hydrogens is 356 g/mol. The van der Waals surface area contributed by atoms with Gasteiger partial charge in [0.05, 0.1) is 0 Å². The van der Waals surface area contributed by atoms with Gasteiger partial charge < -0.3 is 15.5 Å². The maximum atomic E-state index is 12.8. The lowest BCUT2D eigenvalue weighted by Crippen LogP contribution is -2.31. The van der Waals surface area contributed by atoms with Gasteiger partial charge in [0.15, 0.2) is 11.6 Å². The van der Waals surface area contributed by atoms with Crippen molar-refractivity contribution in [1.82, 2.24) is 14.8 Å². The van der Waals surface area contributed by atoms with E-state index in [9.17, 15) is 15.0 Å². The van der Waals surface area contributed by atoms with Gasteiger partial charge in [-0.25, -0.2) is 4.68 Å². The van der Waals surface area contributed by atoms with E-state index in [4.69, 9.17) is 0 Å². The number of hydrogen-bond donors (Lipinski definition) is 3. The molecule has 3 aromatic rings. The van der Waals surface area contributed by atoms with Gasteiger partial charge in [-0.3, -0.25) is 4.79 Å². The Balaban J connectivity index is 1.66. The van der Waals surface area contributed by atoms with Crippen LogP contribution in [0.4, 0.5) is 5.95 Å². The third-order valence-electron chi connectivity index (χ3n) is 5.20. The Morgan fingerprint density at radius 1 is 0.964 bits per heavy atom. The van der Waals surface area contributed by atoms with E-state index in [0.717, 1.165) is 29.7 Å². The minimum Gasteiger partial charge on any atom is -0.508 e. The lowest BCUT2D eigenvalue weighted by atomic mass is 9.85. The van der Waals surface area contributed by atoms with Crippen LogP contribution in [0.3, 0.4) is 0 Å². The maximum Gasteiger partial charge on any atom is 0.226 e. The average Bonchev–Trinajstić information content (AvgIpc) is 3.11. The maximum absolute atomic E-state index is 12.8. The summed E-state index contributed by atoms with van der Waals surface area (Å²) in [5.41, 5.74) is 3.25. The van der Waals surface area contributed by atoms with Crippen LogP contribution >= 0.6 is 0 Å². The zero-order chi connectivity index (χ0) is 19.3. The quantitative estimate of drug-likeness (QED) is 0.636. The predicted molar refractivity (Wildman–Crippen MR) is 103 cm³/mol. The van der Waals surface area contributed by atoms with Crippen molar-refractivity contribution >= 4 is 11.7 Å². The zero-order valence-corrected chi connectivity index (χ0v) is 15.0. The molecule has 1 aliphatic carbocycles. The summed E-state index contributed by atoms with van der Waals surface area (Å²) in [6, 6.07) is 13.1. The fourth-order valence-corrected chi connectivity index (χ4v) is 3.85. The highest BCUT2D eigenvalue weighted by Gasteiger charge is 2.36. The van der Waals surface area contributed by atoms with Crippen molar-refractivity contribution in [3.8, 4) is 22.9 Å². The number of carbonyl (C=O) groups excluding carboxylic acids is 1. The number of benzene rings is 2. The van der Waals surface area contributed by atoms with Crippen LogP contribution in [-0.4, -0.2) is 30.8 Å². The number of carbonyl (C=O) groups is 1. The Kier molecular flexibility index (Phi) is 3.68. The van der Waals surface area contributed by atoms with Crippen LogP contribution in [0, 0.1) is 0 Å². The highest BCUT2D eigenvalue weighted by Crippen LogP contribution is 2.40. The molecule has 1 aromatic heterocycles. The van der Waals surface area contributed by atoms with Gasteiger partial charge in [-0.1, -0.05) is 12.1 Å². The molecule has 0 spiro atoms. The number of ketones is 1. The molecule has 1 atom stereocenters. The molecule has 1 unspecified atom stereocenters. The van der Waals surface area contributed by atoms with E-state index in [1.165, 1.54) is 0 Å². The van der Waals surface area contributed by atoms with E-state index in [1.54, 1.807) is 41.1 Å². The minimum atomic E-state index is -0.391. The molecule has 1 aliphatic heterocycles. The zero-order valence-electron chi connectivity index (χ0n) is 15.0. The number of phenols is 2. The molecule has 0 saturated carbocycles. The second-order valence-electron chi connectivity index (χ2n) is 7.04. The van der Waals surface area contributed by atoms with Crippen molar-refractivity contribution in [2.75, 3.05) is 5.32 Å². The molecule has 2 heterocycles. The number of phenolic OH excluding ortho intramolecular Hbond substituents is 2. The van der Waals surface area contributed by atoms with E-state index in [2.05, 4.69) is 15.4 Å². The van der Waals surface area contributed by atoms with Crippen molar-refractivity contribution in [2.24, 2.45) is 0 Å². The number of allylic oxidation sites excluding steroid dienone is 2. The number of aromatic hydroxyl groups is 2. The van der Waals surface area contributed by atoms with Crippen LogP contribution in [0.2, 0.25) is 0 Å². The van der Waals surface area contributed by atoms with Gasteiger partial charge >= 0.3 is 0 Å². The van der Waals surface area contributed by atoms with Gasteiger partial charge in [0.25, 0.3) is 0 Å². The summed E-state index contributed by atoms with van der Waals surface area (Å²) in [6.07, 6.45) is 2.12. The van der Waals surface area contributed by atoms with Gasteiger partial charge in [0.2, 0.25) is 5.95 Å². The van der Waals surface area contributed by atoms with Crippen LogP contribution in [-0.2, 0) is 4.79 Å². The molecule has 5 rings (SSSR count). The minimum absolute atomic E-state index is 0.110. The SMILES string of the molecule is O=C1CCCC2=C1C(c1ccc(O)cc1)n1nc(-c3ccc(O)cc3)nc1N2. The van der Waals surface area contributed by atoms with Crippen molar-refractivity contribution < 1.29 is 15.0 Å². The van der Waals surface area contributed by atoms with Crippen LogP contribution in [0.5, 0.6) is 11.5 Å². The van der Waals surface area contributed by atoms with E-state index in [1.807, 2.05) is 12.1 Å². The Morgan fingerprint density at radius 3 is 2.36 bits per heavy atom. The standard InChI is InChI=1S/C21H18N4O3/c26-14-8-4-12(5-9-14)19-18-16(2-1-3-17(18)28)22-21-23-20(24-25(19)21)13-6-10-15(27)11-7-13/h4-11,19,26-27H,1-3H2,(H,22,23,24). The molecule has 28 heavy (non-hydrogen) atoms. The van der Waals surface area contributed by atoms with Crippen molar-refractivity contribution in [3.05, 3.63) is 65.4 Å². The third-order valence-corrected chi connectivity index (χ3v) is 5.20. The summed E-state index contributed by atoms with van der Waals surface area (Å²) in [5, 5.41) is 27.1. The summed E-state index contributed by atoms with van der Waals surface area (Å²) in [4.78, 5) is 17.4.